The number of hydrogen-bond donors (Lipinski definition) is 1. The van der Waals surface area contributed by atoms with Crippen LogP contribution in [0.3, 0.4) is 0 Å². The third kappa shape index (κ3) is 1.93. The first-order chi connectivity index (χ1) is 7.59. The number of alkyl halides is 1. The topological polar surface area (TPSA) is 40.5 Å². The minimum absolute atomic E-state index is 0.123. The van der Waals surface area contributed by atoms with Gasteiger partial charge in [0.05, 0.1) is 5.56 Å². The van der Waals surface area contributed by atoms with Crippen LogP contribution in [-0.4, -0.2) is 35.7 Å². The van der Waals surface area contributed by atoms with Crippen LogP contribution in [0.1, 0.15) is 28.4 Å². The summed E-state index contributed by atoms with van der Waals surface area (Å²) in [6.45, 7) is 0.374. The summed E-state index contributed by atoms with van der Waals surface area (Å²) in [5.41, 5.74) is 0.978. The Balaban J connectivity index is 2.36. The highest BCUT2D eigenvalue weighted by Gasteiger charge is 2.32. The van der Waals surface area contributed by atoms with Gasteiger partial charge < -0.3 is 5.11 Å². The third-order valence-electron chi connectivity index (χ3n) is 3.05. The molecule has 1 aliphatic heterocycles. The van der Waals surface area contributed by atoms with E-state index in [1.54, 1.807) is 24.3 Å². The van der Waals surface area contributed by atoms with Crippen molar-refractivity contribution in [3.05, 3.63) is 35.4 Å². The molecule has 1 N–H and O–H groups in total. The number of aromatic carboxylic acids is 1. The fourth-order valence-electron chi connectivity index (χ4n) is 2.28. The Kier molecular flexibility index (Phi) is 2.92. The lowest BCUT2D eigenvalue weighted by Gasteiger charge is -2.20. The molecule has 16 heavy (non-hydrogen) atoms. The summed E-state index contributed by atoms with van der Waals surface area (Å²) in [6.07, 6.45) is -0.488. The number of carbonyl (C=O) groups is 1. The van der Waals surface area contributed by atoms with Gasteiger partial charge in [0.15, 0.2) is 0 Å². The lowest BCUT2D eigenvalue weighted by atomic mass is 9.98. The minimum Gasteiger partial charge on any atom is -0.478 e. The van der Waals surface area contributed by atoms with E-state index >= 15 is 0 Å². The fourth-order valence-corrected chi connectivity index (χ4v) is 2.28. The maximum Gasteiger partial charge on any atom is 0.336 e. The van der Waals surface area contributed by atoms with Crippen molar-refractivity contribution in [3.63, 3.8) is 0 Å². The van der Waals surface area contributed by atoms with Crippen LogP contribution in [0, 0.1) is 0 Å². The molecule has 0 amide bonds. The molecular formula is C12H14FNO2. The van der Waals surface area contributed by atoms with E-state index in [4.69, 9.17) is 5.11 Å². The van der Waals surface area contributed by atoms with Gasteiger partial charge in [-0.1, -0.05) is 18.2 Å². The first kappa shape index (κ1) is 11.1. The number of likely N-dealkylation sites (tertiary alicyclic amines) is 1. The number of nitrogens with zero attached hydrogens (tertiary/aromatic N) is 1. The van der Waals surface area contributed by atoms with Crippen LogP contribution in [0.4, 0.5) is 4.39 Å². The molecule has 0 aromatic heterocycles. The fraction of sp³-hybridized carbons (Fsp3) is 0.417. The summed E-state index contributed by atoms with van der Waals surface area (Å²) >= 11 is 0. The number of carboxylic acids is 1. The monoisotopic (exact) mass is 223 g/mol. The normalized spacial score (nSPS) is 25.9. The molecule has 3 nitrogen and oxygen atoms in total. The van der Waals surface area contributed by atoms with Crippen LogP contribution in [-0.2, 0) is 0 Å². The first-order valence-electron chi connectivity index (χ1n) is 5.26. The van der Waals surface area contributed by atoms with E-state index in [0.29, 0.717) is 18.5 Å². The Morgan fingerprint density at radius 1 is 1.50 bits per heavy atom. The zero-order chi connectivity index (χ0) is 11.7. The molecule has 1 saturated heterocycles. The zero-order valence-corrected chi connectivity index (χ0v) is 9.06. The number of benzene rings is 1. The standard InChI is InChI=1S/C12H14FNO2/c1-14-7-8(13)6-11(14)9-4-2-3-5-10(9)12(15)16/h2-5,8,11H,6-7H2,1H3,(H,15,16). The molecule has 1 aliphatic rings. The van der Waals surface area contributed by atoms with Gasteiger partial charge in [0, 0.05) is 12.6 Å². The van der Waals surface area contributed by atoms with E-state index in [1.165, 1.54) is 0 Å². The van der Waals surface area contributed by atoms with Gasteiger partial charge >= 0.3 is 5.97 Å². The predicted octanol–water partition coefficient (Wildman–Crippen LogP) is 2.10. The van der Waals surface area contributed by atoms with Crippen LogP contribution in [0.15, 0.2) is 24.3 Å². The Morgan fingerprint density at radius 2 is 2.19 bits per heavy atom. The van der Waals surface area contributed by atoms with Crippen molar-refractivity contribution < 1.29 is 14.3 Å². The van der Waals surface area contributed by atoms with Gasteiger partial charge in [0.1, 0.15) is 6.17 Å². The van der Waals surface area contributed by atoms with Gasteiger partial charge in [-0.3, -0.25) is 4.90 Å². The van der Waals surface area contributed by atoms with Crippen LogP contribution in [0.2, 0.25) is 0 Å². The average molecular weight is 223 g/mol. The van der Waals surface area contributed by atoms with E-state index in [9.17, 15) is 9.18 Å². The van der Waals surface area contributed by atoms with Crippen molar-refractivity contribution in [2.75, 3.05) is 13.6 Å². The highest BCUT2D eigenvalue weighted by atomic mass is 19.1. The highest BCUT2D eigenvalue weighted by Crippen LogP contribution is 2.33. The molecule has 2 rings (SSSR count). The lowest BCUT2D eigenvalue weighted by Crippen LogP contribution is -2.20. The highest BCUT2D eigenvalue weighted by molar-refractivity contribution is 5.89. The second-order valence-electron chi connectivity index (χ2n) is 4.18. The molecular weight excluding hydrogens is 209 g/mol. The van der Waals surface area contributed by atoms with Gasteiger partial charge in [0.2, 0.25) is 0 Å². The first-order valence-corrected chi connectivity index (χ1v) is 5.26. The smallest absolute Gasteiger partial charge is 0.336 e. The molecule has 4 heteroatoms. The second kappa shape index (κ2) is 4.22. The van der Waals surface area contributed by atoms with Crippen molar-refractivity contribution in [1.29, 1.82) is 0 Å². The van der Waals surface area contributed by atoms with Gasteiger partial charge in [0.25, 0.3) is 0 Å². The van der Waals surface area contributed by atoms with Gasteiger partial charge in [-0.25, -0.2) is 9.18 Å². The maximum absolute atomic E-state index is 13.3. The van der Waals surface area contributed by atoms with Crippen LogP contribution in [0.5, 0.6) is 0 Å². The summed E-state index contributed by atoms with van der Waals surface area (Å²) in [7, 11) is 1.82. The summed E-state index contributed by atoms with van der Waals surface area (Å²) in [4.78, 5) is 12.9. The Hall–Kier alpha value is -1.42. The average Bonchev–Trinajstić information content (AvgIpc) is 2.57. The quantitative estimate of drug-likeness (QED) is 0.834. The molecule has 0 saturated carbocycles. The predicted molar refractivity (Wildman–Crippen MR) is 58.3 cm³/mol. The van der Waals surface area contributed by atoms with Crippen molar-refractivity contribution in [2.24, 2.45) is 0 Å². The zero-order valence-electron chi connectivity index (χ0n) is 9.06. The molecule has 0 bridgehead atoms. The molecule has 1 heterocycles. The molecule has 1 fully saturated rings. The molecule has 2 unspecified atom stereocenters. The molecule has 2 atom stereocenters. The molecule has 0 radical (unpaired) electrons. The van der Waals surface area contributed by atoms with Crippen molar-refractivity contribution in [1.82, 2.24) is 4.90 Å². The Morgan fingerprint density at radius 3 is 2.75 bits per heavy atom. The number of rotatable bonds is 2. The van der Waals surface area contributed by atoms with Crippen LogP contribution >= 0.6 is 0 Å². The second-order valence-corrected chi connectivity index (χ2v) is 4.18. The van der Waals surface area contributed by atoms with E-state index in [-0.39, 0.29) is 11.6 Å². The number of carboxylic acid groups (broad SMARTS) is 1. The largest absolute Gasteiger partial charge is 0.478 e. The maximum atomic E-state index is 13.3. The Labute approximate surface area is 93.5 Å². The molecule has 0 spiro atoms. The molecule has 1 aromatic rings. The molecule has 0 aliphatic carbocycles. The van der Waals surface area contributed by atoms with E-state index in [1.807, 2.05) is 11.9 Å². The van der Waals surface area contributed by atoms with E-state index in [0.717, 1.165) is 0 Å². The van der Waals surface area contributed by atoms with Gasteiger partial charge in [-0.05, 0) is 25.1 Å². The van der Waals surface area contributed by atoms with Crippen LogP contribution < -0.4 is 0 Å². The number of halogens is 1. The van der Waals surface area contributed by atoms with Crippen molar-refractivity contribution in [3.8, 4) is 0 Å². The SMILES string of the molecule is CN1CC(F)CC1c1ccccc1C(=O)O. The van der Waals surface area contributed by atoms with Crippen molar-refractivity contribution in [2.45, 2.75) is 18.6 Å². The Bertz CT molecular complexity index is 408. The third-order valence-corrected chi connectivity index (χ3v) is 3.05. The summed E-state index contributed by atoms with van der Waals surface area (Å²) in [5.74, 6) is -0.952. The van der Waals surface area contributed by atoms with E-state index in [2.05, 4.69) is 0 Å². The van der Waals surface area contributed by atoms with Gasteiger partial charge in [-0.2, -0.15) is 0 Å². The van der Waals surface area contributed by atoms with Crippen molar-refractivity contribution >= 4 is 5.97 Å². The van der Waals surface area contributed by atoms with E-state index < -0.39 is 12.1 Å². The number of hydrogen-bond acceptors (Lipinski definition) is 2. The summed E-state index contributed by atoms with van der Waals surface area (Å²) in [6, 6.07) is 6.69. The lowest BCUT2D eigenvalue weighted by molar-refractivity contribution is 0.0694. The molecule has 86 valence electrons. The van der Waals surface area contributed by atoms with Crippen LogP contribution in [0.25, 0.3) is 0 Å². The summed E-state index contributed by atoms with van der Waals surface area (Å²) < 4.78 is 13.3. The van der Waals surface area contributed by atoms with Gasteiger partial charge in [-0.15, -0.1) is 0 Å². The summed E-state index contributed by atoms with van der Waals surface area (Å²) in [5, 5.41) is 9.07. The minimum atomic E-state index is -0.952. The molecule has 1 aromatic carbocycles.